The van der Waals surface area contributed by atoms with Crippen molar-refractivity contribution in [2.75, 3.05) is 5.32 Å². The number of nitrogens with zero attached hydrogens (tertiary/aromatic N) is 1. The number of aromatic nitrogens is 1. The lowest BCUT2D eigenvalue weighted by atomic mass is 9.77. The molecule has 1 amide bonds. The lowest BCUT2D eigenvalue weighted by Gasteiger charge is -2.33. The number of amides is 1. The zero-order valence-corrected chi connectivity index (χ0v) is 17.9. The topological polar surface area (TPSA) is 51.2 Å². The fourth-order valence-electron chi connectivity index (χ4n) is 4.46. The molecule has 4 nitrogen and oxygen atoms in total. The Balaban J connectivity index is 1.35. The van der Waals surface area contributed by atoms with Crippen LogP contribution in [0.25, 0.3) is 10.9 Å². The van der Waals surface area contributed by atoms with E-state index in [1.165, 1.54) is 0 Å². The first-order valence-corrected chi connectivity index (χ1v) is 11.1. The molecular weight excluding hydrogens is 396 g/mol. The summed E-state index contributed by atoms with van der Waals surface area (Å²) in [4.78, 5) is 17.3. The number of para-hydroxylation sites is 1. The van der Waals surface area contributed by atoms with E-state index in [2.05, 4.69) is 23.3 Å². The first kappa shape index (κ1) is 20.7. The summed E-state index contributed by atoms with van der Waals surface area (Å²) in [6, 6.07) is 17.3. The molecule has 5 heteroatoms. The second-order valence-electron chi connectivity index (χ2n) is 7.99. The number of hydrogen-bond acceptors (Lipinski definition) is 3. The maximum atomic E-state index is 12.9. The monoisotopic (exact) mass is 422 g/mol. The highest BCUT2D eigenvalue weighted by molar-refractivity contribution is 6.30. The quantitative estimate of drug-likeness (QED) is 0.493. The number of carbonyl (C=O) groups is 1. The Morgan fingerprint density at radius 1 is 1.10 bits per heavy atom. The van der Waals surface area contributed by atoms with Crippen molar-refractivity contribution >= 4 is 34.1 Å². The number of rotatable bonds is 6. The van der Waals surface area contributed by atoms with Crippen LogP contribution in [0.4, 0.5) is 5.69 Å². The van der Waals surface area contributed by atoms with E-state index >= 15 is 0 Å². The van der Waals surface area contributed by atoms with Gasteiger partial charge in [-0.15, -0.1) is 0 Å². The molecule has 1 heterocycles. The van der Waals surface area contributed by atoms with E-state index in [1.807, 2.05) is 36.4 Å². The van der Waals surface area contributed by atoms with Crippen LogP contribution in [0.1, 0.15) is 39.0 Å². The van der Waals surface area contributed by atoms with E-state index in [9.17, 15) is 4.79 Å². The van der Waals surface area contributed by atoms with E-state index in [-0.39, 0.29) is 17.9 Å². The number of ether oxygens (including phenoxy) is 1. The fourth-order valence-corrected chi connectivity index (χ4v) is 4.59. The number of benzene rings is 2. The number of pyridine rings is 1. The summed E-state index contributed by atoms with van der Waals surface area (Å²) in [6.07, 6.45) is 6.75. The summed E-state index contributed by atoms with van der Waals surface area (Å²) in [5.41, 5.74) is 1.75. The maximum absolute atomic E-state index is 12.9. The number of nitrogens with one attached hydrogen (secondary N) is 1. The molecule has 1 unspecified atom stereocenters. The number of anilines is 1. The second-order valence-corrected chi connectivity index (χ2v) is 8.43. The first-order chi connectivity index (χ1) is 14.6. The van der Waals surface area contributed by atoms with Crippen LogP contribution in [0.3, 0.4) is 0 Å². The van der Waals surface area contributed by atoms with Crippen LogP contribution in [-0.2, 0) is 4.79 Å². The van der Waals surface area contributed by atoms with Crippen LogP contribution in [0.15, 0.2) is 60.8 Å². The summed E-state index contributed by atoms with van der Waals surface area (Å²) in [7, 11) is 0. The smallest absolute Gasteiger partial charge is 0.227 e. The molecule has 1 aliphatic carbocycles. The van der Waals surface area contributed by atoms with Crippen LogP contribution in [0.5, 0.6) is 5.75 Å². The molecular formula is C25H27ClN2O2. The minimum Gasteiger partial charge on any atom is -0.490 e. The second kappa shape index (κ2) is 9.48. The van der Waals surface area contributed by atoms with Gasteiger partial charge in [0, 0.05) is 28.2 Å². The van der Waals surface area contributed by atoms with Gasteiger partial charge < -0.3 is 10.1 Å². The number of carbonyl (C=O) groups excluding carboxylic acids is 1. The van der Waals surface area contributed by atoms with E-state index in [0.29, 0.717) is 10.9 Å². The number of hydrogen-bond donors (Lipinski definition) is 1. The van der Waals surface area contributed by atoms with Gasteiger partial charge in [0.05, 0.1) is 11.6 Å². The zero-order chi connectivity index (χ0) is 20.9. The van der Waals surface area contributed by atoms with Crippen molar-refractivity contribution in [2.24, 2.45) is 11.8 Å². The van der Waals surface area contributed by atoms with Gasteiger partial charge in [0.25, 0.3) is 0 Å². The third kappa shape index (κ3) is 4.76. The van der Waals surface area contributed by atoms with Crippen molar-refractivity contribution < 1.29 is 9.53 Å². The lowest BCUT2D eigenvalue weighted by Crippen LogP contribution is -2.34. The van der Waals surface area contributed by atoms with Gasteiger partial charge in [-0.1, -0.05) is 30.7 Å². The first-order valence-electron chi connectivity index (χ1n) is 10.7. The zero-order valence-electron chi connectivity index (χ0n) is 17.2. The molecule has 0 radical (unpaired) electrons. The molecule has 0 aliphatic heterocycles. The number of halogens is 1. The molecule has 1 aromatic heterocycles. The Bertz CT molecular complexity index is 992. The largest absolute Gasteiger partial charge is 0.490 e. The molecule has 0 saturated heterocycles. The summed E-state index contributed by atoms with van der Waals surface area (Å²) < 4.78 is 6.34. The van der Waals surface area contributed by atoms with Crippen molar-refractivity contribution in [1.82, 2.24) is 4.98 Å². The van der Waals surface area contributed by atoms with Crippen molar-refractivity contribution in [3.05, 3.63) is 65.8 Å². The van der Waals surface area contributed by atoms with Crippen LogP contribution in [0.2, 0.25) is 5.02 Å². The molecule has 4 rings (SSSR count). The van der Waals surface area contributed by atoms with Crippen LogP contribution in [-0.4, -0.2) is 17.0 Å². The van der Waals surface area contributed by atoms with Gasteiger partial charge in [0.1, 0.15) is 5.75 Å². The van der Waals surface area contributed by atoms with Gasteiger partial charge in [-0.3, -0.25) is 9.78 Å². The summed E-state index contributed by atoms with van der Waals surface area (Å²) >= 11 is 5.94. The Morgan fingerprint density at radius 3 is 2.57 bits per heavy atom. The standard InChI is InChI=1S/C25H27ClN2O2/c1-2-21(25(29)28-19-11-9-18(26)10-12-19)17-7-13-20(14-8-17)30-24-15-16-27-23-6-4-3-5-22(23)24/h3-6,9-12,15-17,20-21H,2,7-8,13-14H2,1H3,(H,28,29). The van der Waals surface area contributed by atoms with Gasteiger partial charge >= 0.3 is 0 Å². The third-order valence-corrected chi connectivity index (χ3v) is 6.33. The predicted octanol–water partition coefficient (Wildman–Crippen LogP) is 6.49. The normalized spacial score (nSPS) is 19.9. The molecule has 156 valence electrons. The molecule has 2 aromatic carbocycles. The van der Waals surface area contributed by atoms with E-state index in [0.717, 1.165) is 54.4 Å². The highest BCUT2D eigenvalue weighted by Crippen LogP contribution is 2.35. The Morgan fingerprint density at radius 2 is 1.83 bits per heavy atom. The predicted molar refractivity (Wildman–Crippen MR) is 122 cm³/mol. The highest BCUT2D eigenvalue weighted by atomic mass is 35.5. The Hall–Kier alpha value is -2.59. The molecule has 1 aliphatic rings. The molecule has 1 atom stereocenters. The third-order valence-electron chi connectivity index (χ3n) is 6.08. The van der Waals surface area contributed by atoms with E-state index in [4.69, 9.17) is 16.3 Å². The molecule has 0 spiro atoms. The van der Waals surface area contributed by atoms with Gasteiger partial charge in [0.15, 0.2) is 0 Å². The maximum Gasteiger partial charge on any atom is 0.227 e. The van der Waals surface area contributed by atoms with Gasteiger partial charge in [-0.25, -0.2) is 0 Å². The minimum atomic E-state index is 0.0170. The van der Waals surface area contributed by atoms with Crippen LogP contribution in [0, 0.1) is 11.8 Å². The number of fused-ring (bicyclic) bond motifs is 1. The molecule has 1 saturated carbocycles. The van der Waals surface area contributed by atoms with Crippen molar-refractivity contribution in [1.29, 1.82) is 0 Å². The molecule has 0 bridgehead atoms. The average Bonchev–Trinajstić information content (AvgIpc) is 2.77. The minimum absolute atomic E-state index is 0.0170. The van der Waals surface area contributed by atoms with Crippen LogP contribution >= 0.6 is 11.6 Å². The summed E-state index contributed by atoms with van der Waals surface area (Å²) in [5.74, 6) is 1.40. The van der Waals surface area contributed by atoms with E-state index in [1.54, 1.807) is 18.3 Å². The van der Waals surface area contributed by atoms with E-state index < -0.39 is 0 Å². The van der Waals surface area contributed by atoms with Crippen molar-refractivity contribution in [3.8, 4) is 5.75 Å². The molecule has 30 heavy (non-hydrogen) atoms. The highest BCUT2D eigenvalue weighted by Gasteiger charge is 2.31. The average molecular weight is 423 g/mol. The fraction of sp³-hybridized carbons (Fsp3) is 0.360. The van der Waals surface area contributed by atoms with Crippen molar-refractivity contribution in [3.63, 3.8) is 0 Å². The van der Waals surface area contributed by atoms with Crippen LogP contribution < -0.4 is 10.1 Å². The van der Waals surface area contributed by atoms with Gasteiger partial charge in [0.2, 0.25) is 5.91 Å². The summed E-state index contributed by atoms with van der Waals surface area (Å²) in [6.45, 7) is 2.10. The molecule has 3 aromatic rings. The van der Waals surface area contributed by atoms with Gasteiger partial charge in [-0.2, -0.15) is 0 Å². The Labute approximate surface area is 182 Å². The van der Waals surface area contributed by atoms with Crippen molar-refractivity contribution in [2.45, 2.75) is 45.1 Å². The lowest BCUT2D eigenvalue weighted by molar-refractivity contribution is -0.122. The SMILES string of the molecule is CCC(C(=O)Nc1ccc(Cl)cc1)C1CCC(Oc2ccnc3ccccc23)CC1. The summed E-state index contributed by atoms with van der Waals surface area (Å²) in [5, 5.41) is 4.77. The molecule has 1 fully saturated rings. The molecule has 1 N–H and O–H groups in total. The van der Waals surface area contributed by atoms with Gasteiger partial charge in [-0.05, 0) is 80.5 Å². The Kier molecular flexibility index (Phi) is 6.53.